The minimum Gasteiger partial charge on any atom is -0.399 e. The summed E-state index contributed by atoms with van der Waals surface area (Å²) in [5.41, 5.74) is 7.65. The van der Waals surface area contributed by atoms with Gasteiger partial charge in [-0.2, -0.15) is 5.10 Å². The number of carbonyl (C=O) groups is 1. The number of nitrogen functional groups attached to an aromatic ring is 1. The first-order chi connectivity index (χ1) is 8.99. The number of nitrogens with two attached hydrogens (primary N) is 1. The first-order valence-corrected chi connectivity index (χ1v) is 6.18. The van der Waals surface area contributed by atoms with Gasteiger partial charge in [-0.15, -0.1) is 0 Å². The average molecular weight is 258 g/mol. The molecule has 0 saturated carbocycles. The molecular formula is C14H18N4O. The Bertz CT molecular complexity index is 571. The Morgan fingerprint density at radius 2 is 1.89 bits per heavy atom. The molecule has 0 aliphatic rings. The van der Waals surface area contributed by atoms with Gasteiger partial charge in [0.05, 0.1) is 5.69 Å². The van der Waals surface area contributed by atoms with Crippen LogP contribution >= 0.6 is 0 Å². The van der Waals surface area contributed by atoms with Crippen molar-refractivity contribution in [3.8, 4) is 5.69 Å². The van der Waals surface area contributed by atoms with Crippen molar-refractivity contribution in [2.24, 2.45) is 0 Å². The molecule has 2 aromatic rings. The predicted octanol–water partition coefficient (Wildman–Crippen LogP) is 1.93. The van der Waals surface area contributed by atoms with Gasteiger partial charge in [0.1, 0.15) is 0 Å². The van der Waals surface area contributed by atoms with E-state index >= 15 is 0 Å². The highest BCUT2D eigenvalue weighted by molar-refractivity contribution is 5.92. The second kappa shape index (κ2) is 5.14. The number of benzene rings is 1. The zero-order valence-corrected chi connectivity index (χ0v) is 11.4. The Morgan fingerprint density at radius 3 is 2.47 bits per heavy atom. The molecule has 0 radical (unpaired) electrons. The monoisotopic (exact) mass is 258 g/mol. The van der Waals surface area contributed by atoms with Crippen LogP contribution in [0.3, 0.4) is 0 Å². The van der Waals surface area contributed by atoms with Crippen LogP contribution in [0.25, 0.3) is 5.69 Å². The lowest BCUT2D eigenvalue weighted by molar-refractivity contribution is 0.0748. The molecule has 0 unspecified atom stereocenters. The normalized spacial score (nSPS) is 10.7. The summed E-state index contributed by atoms with van der Waals surface area (Å²) >= 11 is 0. The minimum absolute atomic E-state index is 0.0794. The van der Waals surface area contributed by atoms with E-state index in [4.69, 9.17) is 5.73 Å². The molecule has 1 aromatic carbocycles. The Labute approximate surface area is 112 Å². The Balaban J connectivity index is 2.24. The maximum absolute atomic E-state index is 12.1. The van der Waals surface area contributed by atoms with Crippen molar-refractivity contribution in [1.29, 1.82) is 0 Å². The van der Waals surface area contributed by atoms with Crippen molar-refractivity contribution in [1.82, 2.24) is 14.7 Å². The molecule has 0 atom stereocenters. The van der Waals surface area contributed by atoms with Crippen LogP contribution in [0.2, 0.25) is 0 Å². The summed E-state index contributed by atoms with van der Waals surface area (Å²) in [4.78, 5) is 13.8. The van der Waals surface area contributed by atoms with Crippen molar-refractivity contribution < 1.29 is 4.79 Å². The summed E-state index contributed by atoms with van der Waals surface area (Å²) in [5, 5.41) is 4.30. The van der Waals surface area contributed by atoms with Gasteiger partial charge in [-0.05, 0) is 44.2 Å². The second-order valence-electron chi connectivity index (χ2n) is 4.75. The van der Waals surface area contributed by atoms with E-state index < -0.39 is 0 Å². The lowest BCUT2D eigenvalue weighted by Gasteiger charge is -2.19. The quantitative estimate of drug-likeness (QED) is 0.856. The number of aromatic nitrogens is 2. The van der Waals surface area contributed by atoms with Gasteiger partial charge < -0.3 is 10.6 Å². The third kappa shape index (κ3) is 2.76. The van der Waals surface area contributed by atoms with Crippen molar-refractivity contribution in [2.45, 2.75) is 19.9 Å². The maximum atomic E-state index is 12.1. The third-order valence-electron chi connectivity index (χ3n) is 3.06. The molecule has 2 rings (SSSR count). The van der Waals surface area contributed by atoms with Crippen LogP contribution in [-0.4, -0.2) is 33.7 Å². The van der Waals surface area contributed by atoms with Crippen molar-refractivity contribution in [3.63, 3.8) is 0 Å². The van der Waals surface area contributed by atoms with Gasteiger partial charge in [-0.1, -0.05) is 0 Å². The second-order valence-corrected chi connectivity index (χ2v) is 4.75. The van der Waals surface area contributed by atoms with E-state index in [9.17, 15) is 4.79 Å². The maximum Gasteiger partial charge on any atom is 0.274 e. The highest BCUT2D eigenvalue weighted by Gasteiger charge is 2.17. The van der Waals surface area contributed by atoms with Crippen LogP contribution in [0.1, 0.15) is 24.3 Å². The third-order valence-corrected chi connectivity index (χ3v) is 3.06. The number of hydrogen-bond donors (Lipinski definition) is 1. The number of nitrogens with zero attached hydrogens (tertiary/aromatic N) is 3. The van der Waals surface area contributed by atoms with E-state index in [1.54, 1.807) is 41.0 Å². The van der Waals surface area contributed by atoms with Gasteiger partial charge in [-0.25, -0.2) is 4.68 Å². The molecule has 1 heterocycles. The van der Waals surface area contributed by atoms with Gasteiger partial charge in [0.25, 0.3) is 5.91 Å². The number of rotatable bonds is 3. The smallest absolute Gasteiger partial charge is 0.274 e. The largest absolute Gasteiger partial charge is 0.399 e. The first kappa shape index (κ1) is 13.1. The molecule has 0 spiro atoms. The predicted molar refractivity (Wildman–Crippen MR) is 75.2 cm³/mol. The molecule has 5 nitrogen and oxygen atoms in total. The van der Waals surface area contributed by atoms with Gasteiger partial charge in [0.2, 0.25) is 0 Å². The standard InChI is InChI=1S/C14H18N4O/c1-10(2)17(3)14(19)13-8-9-18(16-13)12-6-4-11(15)5-7-12/h4-10H,15H2,1-3H3. The van der Waals surface area contributed by atoms with Crippen molar-refractivity contribution in [2.75, 3.05) is 12.8 Å². The Hall–Kier alpha value is -2.30. The first-order valence-electron chi connectivity index (χ1n) is 6.18. The van der Waals surface area contributed by atoms with Crippen LogP contribution in [-0.2, 0) is 0 Å². The Kier molecular flexibility index (Phi) is 3.55. The van der Waals surface area contributed by atoms with Gasteiger partial charge in [-0.3, -0.25) is 4.79 Å². The van der Waals surface area contributed by atoms with Gasteiger partial charge >= 0.3 is 0 Å². The van der Waals surface area contributed by atoms with E-state index in [1.165, 1.54) is 0 Å². The van der Waals surface area contributed by atoms with Crippen LogP contribution < -0.4 is 5.73 Å². The summed E-state index contributed by atoms with van der Waals surface area (Å²) in [6.07, 6.45) is 1.77. The molecule has 1 amide bonds. The van der Waals surface area contributed by atoms with Crippen molar-refractivity contribution in [3.05, 3.63) is 42.2 Å². The number of anilines is 1. The molecule has 0 bridgehead atoms. The van der Waals surface area contributed by atoms with Crippen molar-refractivity contribution >= 4 is 11.6 Å². The topological polar surface area (TPSA) is 64.2 Å². The summed E-state index contributed by atoms with van der Waals surface area (Å²) in [5.74, 6) is -0.0794. The van der Waals surface area contributed by atoms with E-state index in [1.807, 2.05) is 26.0 Å². The van der Waals surface area contributed by atoms with Gasteiger partial charge in [0, 0.05) is 25.0 Å². The summed E-state index contributed by atoms with van der Waals surface area (Å²) in [6.45, 7) is 3.93. The van der Waals surface area contributed by atoms with Crippen LogP contribution in [0, 0.1) is 0 Å². The van der Waals surface area contributed by atoms with E-state index in [0.717, 1.165) is 5.69 Å². The summed E-state index contributed by atoms with van der Waals surface area (Å²) in [7, 11) is 1.77. The lowest BCUT2D eigenvalue weighted by Crippen LogP contribution is -2.33. The SMILES string of the molecule is CC(C)N(C)C(=O)c1ccn(-c2ccc(N)cc2)n1. The van der Waals surface area contributed by atoms with E-state index in [2.05, 4.69) is 5.10 Å². The molecule has 100 valence electrons. The molecular weight excluding hydrogens is 240 g/mol. The van der Waals surface area contributed by atoms with Crippen LogP contribution in [0.5, 0.6) is 0 Å². The van der Waals surface area contributed by atoms with E-state index in [-0.39, 0.29) is 11.9 Å². The zero-order valence-electron chi connectivity index (χ0n) is 11.4. The molecule has 0 aliphatic heterocycles. The summed E-state index contributed by atoms with van der Waals surface area (Å²) in [6, 6.07) is 9.20. The van der Waals surface area contributed by atoms with Crippen LogP contribution in [0.4, 0.5) is 5.69 Å². The van der Waals surface area contributed by atoms with Gasteiger partial charge in [0.15, 0.2) is 5.69 Å². The molecule has 0 aliphatic carbocycles. The molecule has 0 saturated heterocycles. The van der Waals surface area contributed by atoms with Crippen LogP contribution in [0.15, 0.2) is 36.5 Å². The molecule has 2 N–H and O–H groups in total. The fourth-order valence-electron chi connectivity index (χ4n) is 1.62. The van der Waals surface area contributed by atoms with E-state index in [0.29, 0.717) is 11.4 Å². The fraction of sp³-hybridized carbons (Fsp3) is 0.286. The molecule has 0 fully saturated rings. The molecule has 1 aromatic heterocycles. The minimum atomic E-state index is -0.0794. The average Bonchev–Trinajstić information content (AvgIpc) is 2.87. The fourth-order valence-corrected chi connectivity index (χ4v) is 1.62. The highest BCUT2D eigenvalue weighted by atomic mass is 16.2. The number of amides is 1. The molecule has 5 heteroatoms. The Morgan fingerprint density at radius 1 is 1.26 bits per heavy atom. The zero-order chi connectivity index (χ0) is 14.0. The lowest BCUT2D eigenvalue weighted by atomic mass is 10.3. The number of hydrogen-bond acceptors (Lipinski definition) is 3. The highest BCUT2D eigenvalue weighted by Crippen LogP contribution is 2.11. The number of carbonyl (C=O) groups excluding carboxylic acids is 1. The molecule has 19 heavy (non-hydrogen) atoms. The summed E-state index contributed by atoms with van der Waals surface area (Å²) < 4.78 is 1.67.